The highest BCUT2D eigenvalue weighted by molar-refractivity contribution is 7.14. The average molecular weight is 288 g/mol. The number of Topliss-reactive ketones (excluding diaryl/α,β-unsaturated/α-hetero) is 1. The maximum Gasteiger partial charge on any atom is 0.177 e. The van der Waals surface area contributed by atoms with E-state index in [1.54, 1.807) is 17.4 Å². The minimum Gasteiger partial charge on any atom is -0.293 e. The fourth-order valence-corrected chi connectivity index (χ4v) is 3.91. The lowest BCUT2D eigenvalue weighted by Gasteiger charge is -2.08. The monoisotopic (exact) mass is 288 g/mol. The van der Waals surface area contributed by atoms with Crippen molar-refractivity contribution in [2.75, 3.05) is 0 Å². The van der Waals surface area contributed by atoms with E-state index in [-0.39, 0.29) is 11.6 Å². The zero-order valence-corrected chi connectivity index (χ0v) is 12.4. The third kappa shape index (κ3) is 2.68. The minimum atomic E-state index is -0.274. The van der Waals surface area contributed by atoms with Crippen LogP contribution in [0.15, 0.2) is 24.3 Å². The number of thiophene rings is 1. The summed E-state index contributed by atoms with van der Waals surface area (Å²) in [5.41, 5.74) is 3.11. The number of carbonyl (C=O) groups is 1. The highest BCUT2D eigenvalue weighted by Crippen LogP contribution is 2.30. The van der Waals surface area contributed by atoms with Crippen LogP contribution in [0.4, 0.5) is 4.39 Å². The molecule has 1 nitrogen and oxygen atoms in total. The molecule has 0 aliphatic heterocycles. The third-order valence-corrected chi connectivity index (χ3v) is 5.21. The quantitative estimate of drug-likeness (QED) is 0.760. The van der Waals surface area contributed by atoms with Crippen molar-refractivity contribution in [1.82, 2.24) is 0 Å². The SMILES string of the molecule is Cc1ccc(F)cc1CC(=O)c1cc2c(s1)CCCC2. The number of halogens is 1. The smallest absolute Gasteiger partial charge is 0.177 e. The second-order valence-corrected chi connectivity index (χ2v) is 6.57. The summed E-state index contributed by atoms with van der Waals surface area (Å²) in [5.74, 6) is -0.165. The van der Waals surface area contributed by atoms with Crippen LogP contribution >= 0.6 is 11.3 Å². The molecule has 0 bridgehead atoms. The summed E-state index contributed by atoms with van der Waals surface area (Å²) in [4.78, 5) is 14.6. The van der Waals surface area contributed by atoms with Crippen molar-refractivity contribution < 1.29 is 9.18 Å². The number of benzene rings is 1. The maximum atomic E-state index is 13.3. The molecule has 3 rings (SSSR count). The molecule has 1 aromatic carbocycles. The molecule has 0 saturated carbocycles. The molecule has 0 amide bonds. The Bertz CT molecular complexity index is 634. The number of hydrogen-bond donors (Lipinski definition) is 0. The molecule has 0 N–H and O–H groups in total. The first-order chi connectivity index (χ1) is 9.63. The Labute approximate surface area is 122 Å². The first-order valence-corrected chi connectivity index (χ1v) is 7.85. The van der Waals surface area contributed by atoms with E-state index in [1.807, 2.05) is 6.92 Å². The highest BCUT2D eigenvalue weighted by Gasteiger charge is 2.18. The van der Waals surface area contributed by atoms with Gasteiger partial charge in [0.2, 0.25) is 0 Å². The lowest BCUT2D eigenvalue weighted by atomic mass is 9.98. The van der Waals surface area contributed by atoms with E-state index in [1.165, 1.54) is 35.4 Å². The number of ketones is 1. The predicted octanol–water partition coefficient (Wildman–Crippen LogP) is 4.50. The molecule has 0 unspecified atom stereocenters. The van der Waals surface area contributed by atoms with Crippen molar-refractivity contribution in [3.05, 3.63) is 56.5 Å². The zero-order chi connectivity index (χ0) is 14.1. The van der Waals surface area contributed by atoms with Crippen molar-refractivity contribution in [3.8, 4) is 0 Å². The Balaban J connectivity index is 1.82. The van der Waals surface area contributed by atoms with Gasteiger partial charge in [0.15, 0.2) is 5.78 Å². The van der Waals surface area contributed by atoms with Crippen LogP contribution in [-0.4, -0.2) is 5.78 Å². The predicted molar refractivity (Wildman–Crippen MR) is 80.1 cm³/mol. The summed E-state index contributed by atoms with van der Waals surface area (Å²) in [7, 11) is 0. The van der Waals surface area contributed by atoms with Gasteiger partial charge in [0.05, 0.1) is 4.88 Å². The van der Waals surface area contributed by atoms with Gasteiger partial charge in [-0.15, -0.1) is 11.3 Å². The van der Waals surface area contributed by atoms with Crippen LogP contribution in [0.1, 0.15) is 44.1 Å². The van der Waals surface area contributed by atoms with Crippen molar-refractivity contribution >= 4 is 17.1 Å². The number of carbonyl (C=O) groups excluding carboxylic acids is 1. The molecule has 1 aliphatic carbocycles. The van der Waals surface area contributed by atoms with Gasteiger partial charge in [-0.25, -0.2) is 4.39 Å². The van der Waals surface area contributed by atoms with Gasteiger partial charge >= 0.3 is 0 Å². The van der Waals surface area contributed by atoms with Crippen LogP contribution in [0.2, 0.25) is 0 Å². The van der Waals surface area contributed by atoms with E-state index in [4.69, 9.17) is 0 Å². The maximum absolute atomic E-state index is 13.3. The van der Waals surface area contributed by atoms with Crippen molar-refractivity contribution in [3.63, 3.8) is 0 Å². The van der Waals surface area contributed by atoms with Gasteiger partial charge in [-0.05, 0) is 67.5 Å². The molecule has 0 radical (unpaired) electrons. The van der Waals surface area contributed by atoms with Gasteiger partial charge in [0.25, 0.3) is 0 Å². The van der Waals surface area contributed by atoms with Gasteiger partial charge in [-0.2, -0.15) is 0 Å². The Kier molecular flexibility index (Phi) is 3.70. The summed E-state index contributed by atoms with van der Waals surface area (Å²) in [6, 6.07) is 6.70. The standard InChI is InChI=1S/C17H17FOS/c1-11-6-7-14(18)8-13(11)9-15(19)17-10-12-4-2-3-5-16(12)20-17/h6-8,10H,2-5,9H2,1H3. The van der Waals surface area contributed by atoms with Gasteiger partial charge in [0.1, 0.15) is 5.82 Å². The van der Waals surface area contributed by atoms with E-state index in [9.17, 15) is 9.18 Å². The molecular weight excluding hydrogens is 271 g/mol. The summed E-state index contributed by atoms with van der Waals surface area (Å²) >= 11 is 1.63. The zero-order valence-electron chi connectivity index (χ0n) is 11.5. The Hall–Kier alpha value is -1.48. The molecule has 1 aliphatic rings. The molecular formula is C17H17FOS. The largest absolute Gasteiger partial charge is 0.293 e. The van der Waals surface area contributed by atoms with E-state index in [2.05, 4.69) is 6.07 Å². The third-order valence-electron chi connectivity index (χ3n) is 3.93. The van der Waals surface area contributed by atoms with Crippen molar-refractivity contribution in [2.24, 2.45) is 0 Å². The molecule has 104 valence electrons. The van der Waals surface area contributed by atoms with Gasteiger partial charge in [-0.1, -0.05) is 6.07 Å². The van der Waals surface area contributed by atoms with E-state index in [0.717, 1.165) is 28.8 Å². The fraction of sp³-hybridized carbons (Fsp3) is 0.353. The minimum absolute atomic E-state index is 0.109. The van der Waals surface area contributed by atoms with E-state index >= 15 is 0 Å². The normalized spacial score (nSPS) is 14.1. The van der Waals surface area contributed by atoms with Crippen LogP contribution in [0.5, 0.6) is 0 Å². The summed E-state index contributed by atoms with van der Waals surface area (Å²) < 4.78 is 13.3. The Morgan fingerprint density at radius 1 is 1.25 bits per heavy atom. The topological polar surface area (TPSA) is 17.1 Å². The fourth-order valence-electron chi connectivity index (χ4n) is 2.72. The van der Waals surface area contributed by atoms with Gasteiger partial charge in [-0.3, -0.25) is 4.79 Å². The summed E-state index contributed by atoms with van der Waals surface area (Å²) in [6.45, 7) is 1.92. The summed E-state index contributed by atoms with van der Waals surface area (Å²) in [6.07, 6.45) is 4.94. The van der Waals surface area contributed by atoms with Crippen LogP contribution in [0.25, 0.3) is 0 Å². The second-order valence-electron chi connectivity index (χ2n) is 5.44. The number of rotatable bonds is 3. The van der Waals surface area contributed by atoms with Crippen molar-refractivity contribution in [1.29, 1.82) is 0 Å². The molecule has 0 saturated heterocycles. The molecule has 2 aromatic rings. The molecule has 1 heterocycles. The number of hydrogen-bond acceptors (Lipinski definition) is 2. The van der Waals surface area contributed by atoms with Gasteiger partial charge < -0.3 is 0 Å². The highest BCUT2D eigenvalue weighted by atomic mass is 32.1. The number of aryl methyl sites for hydroxylation is 3. The van der Waals surface area contributed by atoms with E-state index < -0.39 is 0 Å². The second kappa shape index (κ2) is 5.49. The Morgan fingerprint density at radius 3 is 2.85 bits per heavy atom. The Morgan fingerprint density at radius 2 is 2.05 bits per heavy atom. The lowest BCUT2D eigenvalue weighted by Crippen LogP contribution is -2.03. The van der Waals surface area contributed by atoms with E-state index in [0.29, 0.717) is 6.42 Å². The van der Waals surface area contributed by atoms with Crippen LogP contribution < -0.4 is 0 Å². The molecule has 3 heteroatoms. The van der Waals surface area contributed by atoms with Crippen molar-refractivity contribution in [2.45, 2.75) is 39.0 Å². The molecule has 0 spiro atoms. The average Bonchev–Trinajstić information content (AvgIpc) is 2.87. The molecule has 1 aromatic heterocycles. The number of fused-ring (bicyclic) bond motifs is 1. The first kappa shape index (κ1) is 13.5. The van der Waals surface area contributed by atoms with Gasteiger partial charge in [0, 0.05) is 11.3 Å². The lowest BCUT2D eigenvalue weighted by molar-refractivity contribution is 0.0996. The van der Waals surface area contributed by atoms with Crippen LogP contribution in [-0.2, 0) is 19.3 Å². The molecule has 0 atom stereocenters. The molecule has 0 fully saturated rings. The van der Waals surface area contributed by atoms with Crippen LogP contribution in [0.3, 0.4) is 0 Å². The first-order valence-electron chi connectivity index (χ1n) is 7.03. The summed E-state index contributed by atoms with van der Waals surface area (Å²) in [5, 5.41) is 0. The molecule has 20 heavy (non-hydrogen) atoms. The van der Waals surface area contributed by atoms with Crippen LogP contribution in [0, 0.1) is 12.7 Å².